The standard InChI is InChI=1S/C14H19BrN2S/c1-5-17(9-10(2)3)14(18)16-12-6-7-13(15)11(4)8-12/h6-8H,2,5,9H2,1,3-4H3,(H,16,18). The van der Waals surface area contributed by atoms with Crippen LogP contribution in [0.5, 0.6) is 0 Å². The van der Waals surface area contributed by atoms with Crippen molar-refractivity contribution in [3.05, 3.63) is 40.4 Å². The van der Waals surface area contributed by atoms with Gasteiger partial charge >= 0.3 is 0 Å². The van der Waals surface area contributed by atoms with Crippen molar-refractivity contribution in [2.24, 2.45) is 0 Å². The van der Waals surface area contributed by atoms with Gasteiger partial charge in [0.2, 0.25) is 0 Å². The Hall–Kier alpha value is -0.870. The van der Waals surface area contributed by atoms with E-state index in [1.165, 1.54) is 5.56 Å². The normalized spacial score (nSPS) is 10.0. The number of likely N-dealkylation sites (N-methyl/N-ethyl adjacent to an activating group) is 1. The van der Waals surface area contributed by atoms with Gasteiger partial charge in [-0.15, -0.1) is 0 Å². The van der Waals surface area contributed by atoms with Crippen molar-refractivity contribution in [3.63, 3.8) is 0 Å². The summed E-state index contributed by atoms with van der Waals surface area (Å²) in [6.07, 6.45) is 0. The van der Waals surface area contributed by atoms with Crippen molar-refractivity contribution in [2.45, 2.75) is 20.8 Å². The predicted molar refractivity (Wildman–Crippen MR) is 87.2 cm³/mol. The molecule has 0 aromatic heterocycles. The summed E-state index contributed by atoms with van der Waals surface area (Å²) in [5, 5.41) is 4.00. The van der Waals surface area contributed by atoms with Crippen molar-refractivity contribution in [3.8, 4) is 0 Å². The van der Waals surface area contributed by atoms with E-state index in [-0.39, 0.29) is 0 Å². The van der Waals surface area contributed by atoms with E-state index in [9.17, 15) is 0 Å². The van der Waals surface area contributed by atoms with Crippen LogP contribution in [0.25, 0.3) is 0 Å². The van der Waals surface area contributed by atoms with Gasteiger partial charge in [-0.1, -0.05) is 28.1 Å². The van der Waals surface area contributed by atoms with Gasteiger partial charge in [0.1, 0.15) is 0 Å². The Balaban J connectivity index is 2.73. The predicted octanol–water partition coefficient (Wildman–Crippen LogP) is 4.35. The van der Waals surface area contributed by atoms with Crippen molar-refractivity contribution in [2.75, 3.05) is 18.4 Å². The summed E-state index contributed by atoms with van der Waals surface area (Å²) in [5.74, 6) is 0. The quantitative estimate of drug-likeness (QED) is 0.654. The number of halogens is 1. The third kappa shape index (κ3) is 4.42. The van der Waals surface area contributed by atoms with Crippen molar-refractivity contribution < 1.29 is 0 Å². The van der Waals surface area contributed by atoms with Crippen molar-refractivity contribution in [1.29, 1.82) is 0 Å². The van der Waals surface area contributed by atoms with Crippen LogP contribution >= 0.6 is 28.1 Å². The molecule has 0 saturated heterocycles. The fourth-order valence-corrected chi connectivity index (χ4v) is 2.14. The summed E-state index contributed by atoms with van der Waals surface area (Å²) in [7, 11) is 0. The molecule has 0 atom stereocenters. The Morgan fingerprint density at radius 1 is 1.50 bits per heavy atom. The Labute approximate surface area is 123 Å². The fourth-order valence-electron chi connectivity index (χ4n) is 1.58. The largest absolute Gasteiger partial charge is 0.345 e. The number of aryl methyl sites for hydroxylation is 1. The van der Waals surface area contributed by atoms with Gasteiger partial charge < -0.3 is 10.2 Å². The maximum absolute atomic E-state index is 5.41. The zero-order valence-corrected chi connectivity index (χ0v) is 13.5. The maximum atomic E-state index is 5.41. The Bertz CT molecular complexity index is 457. The summed E-state index contributed by atoms with van der Waals surface area (Å²) < 4.78 is 1.10. The molecule has 98 valence electrons. The Morgan fingerprint density at radius 3 is 2.67 bits per heavy atom. The van der Waals surface area contributed by atoms with Crippen LogP contribution in [0.4, 0.5) is 5.69 Å². The van der Waals surface area contributed by atoms with E-state index in [4.69, 9.17) is 12.2 Å². The number of nitrogens with zero attached hydrogens (tertiary/aromatic N) is 1. The molecule has 1 aromatic rings. The van der Waals surface area contributed by atoms with Gasteiger partial charge in [-0.2, -0.15) is 0 Å². The first-order chi connectivity index (χ1) is 8.43. The molecule has 0 amide bonds. The highest BCUT2D eigenvalue weighted by Crippen LogP contribution is 2.20. The number of benzene rings is 1. The molecule has 4 heteroatoms. The summed E-state index contributed by atoms with van der Waals surface area (Å²) in [6.45, 7) is 11.7. The molecular formula is C14H19BrN2S. The zero-order valence-electron chi connectivity index (χ0n) is 11.1. The van der Waals surface area contributed by atoms with Gasteiger partial charge in [0, 0.05) is 23.2 Å². The molecule has 1 rings (SSSR count). The molecule has 0 radical (unpaired) electrons. The molecular weight excluding hydrogens is 308 g/mol. The minimum absolute atomic E-state index is 0.738. The third-order valence-corrected chi connectivity index (χ3v) is 3.79. The highest BCUT2D eigenvalue weighted by atomic mass is 79.9. The molecule has 0 fully saturated rings. The van der Waals surface area contributed by atoms with E-state index in [1.54, 1.807) is 0 Å². The van der Waals surface area contributed by atoms with Gasteiger partial charge in [-0.3, -0.25) is 0 Å². The van der Waals surface area contributed by atoms with Gasteiger partial charge in [0.25, 0.3) is 0 Å². The lowest BCUT2D eigenvalue weighted by Crippen LogP contribution is -2.35. The van der Waals surface area contributed by atoms with E-state index in [0.29, 0.717) is 0 Å². The highest BCUT2D eigenvalue weighted by molar-refractivity contribution is 9.10. The fraction of sp³-hybridized carbons (Fsp3) is 0.357. The second-order valence-electron chi connectivity index (χ2n) is 4.37. The maximum Gasteiger partial charge on any atom is 0.173 e. The van der Waals surface area contributed by atoms with E-state index >= 15 is 0 Å². The number of hydrogen-bond acceptors (Lipinski definition) is 1. The van der Waals surface area contributed by atoms with E-state index < -0.39 is 0 Å². The molecule has 0 aliphatic heterocycles. The van der Waals surface area contributed by atoms with Crippen LogP contribution in [-0.4, -0.2) is 23.1 Å². The second kappa shape index (κ2) is 6.90. The van der Waals surface area contributed by atoms with E-state index in [1.807, 2.05) is 19.1 Å². The smallest absolute Gasteiger partial charge is 0.173 e. The second-order valence-corrected chi connectivity index (χ2v) is 5.61. The first-order valence-corrected chi connectivity index (χ1v) is 7.10. The molecule has 0 heterocycles. The van der Waals surface area contributed by atoms with Gasteiger partial charge in [0.15, 0.2) is 5.11 Å². The van der Waals surface area contributed by atoms with Crippen LogP contribution in [0.15, 0.2) is 34.8 Å². The lowest BCUT2D eigenvalue weighted by Gasteiger charge is -2.24. The minimum atomic E-state index is 0.738. The average Bonchev–Trinajstić information content (AvgIpc) is 2.30. The van der Waals surface area contributed by atoms with Crippen LogP contribution in [0.3, 0.4) is 0 Å². The monoisotopic (exact) mass is 326 g/mol. The van der Waals surface area contributed by atoms with Crippen LogP contribution < -0.4 is 5.32 Å². The number of rotatable bonds is 4. The third-order valence-electron chi connectivity index (χ3n) is 2.54. The average molecular weight is 327 g/mol. The summed E-state index contributed by atoms with van der Waals surface area (Å²) in [6, 6.07) is 6.11. The highest BCUT2D eigenvalue weighted by Gasteiger charge is 2.08. The van der Waals surface area contributed by atoms with Gasteiger partial charge in [0.05, 0.1) is 0 Å². The van der Waals surface area contributed by atoms with Crippen LogP contribution in [-0.2, 0) is 0 Å². The first kappa shape index (κ1) is 15.2. The van der Waals surface area contributed by atoms with Crippen LogP contribution in [0.2, 0.25) is 0 Å². The van der Waals surface area contributed by atoms with Crippen molar-refractivity contribution >= 4 is 38.9 Å². The summed E-state index contributed by atoms with van der Waals surface area (Å²) >= 11 is 8.90. The number of thiocarbonyl (C=S) groups is 1. The molecule has 0 unspecified atom stereocenters. The topological polar surface area (TPSA) is 15.3 Å². The number of hydrogen-bond donors (Lipinski definition) is 1. The molecule has 0 spiro atoms. The Kier molecular flexibility index (Phi) is 5.82. The first-order valence-electron chi connectivity index (χ1n) is 5.90. The van der Waals surface area contributed by atoms with E-state index in [0.717, 1.165) is 33.9 Å². The minimum Gasteiger partial charge on any atom is -0.345 e. The molecule has 0 saturated carbocycles. The van der Waals surface area contributed by atoms with Crippen LogP contribution in [0.1, 0.15) is 19.4 Å². The molecule has 1 N–H and O–H groups in total. The summed E-state index contributed by atoms with van der Waals surface area (Å²) in [4.78, 5) is 2.09. The molecule has 0 aliphatic rings. The molecule has 18 heavy (non-hydrogen) atoms. The summed E-state index contributed by atoms with van der Waals surface area (Å²) in [5.41, 5.74) is 3.31. The number of anilines is 1. The van der Waals surface area contributed by atoms with E-state index in [2.05, 4.69) is 52.6 Å². The molecule has 0 aliphatic carbocycles. The number of nitrogens with one attached hydrogen (secondary N) is 1. The lowest BCUT2D eigenvalue weighted by molar-refractivity contribution is 0.485. The van der Waals surface area contributed by atoms with Gasteiger partial charge in [-0.25, -0.2) is 0 Å². The molecule has 1 aromatic carbocycles. The lowest BCUT2D eigenvalue weighted by atomic mass is 10.2. The molecule has 0 bridgehead atoms. The zero-order chi connectivity index (χ0) is 13.7. The van der Waals surface area contributed by atoms with Gasteiger partial charge in [-0.05, 0) is 56.8 Å². The SMILES string of the molecule is C=C(C)CN(CC)C(=S)Nc1ccc(Br)c(C)c1. The van der Waals surface area contributed by atoms with Crippen molar-refractivity contribution in [1.82, 2.24) is 4.90 Å². The Morgan fingerprint density at radius 2 is 2.17 bits per heavy atom. The molecule has 2 nitrogen and oxygen atoms in total. The van der Waals surface area contributed by atoms with Crippen LogP contribution in [0, 0.1) is 6.92 Å².